The van der Waals surface area contributed by atoms with Crippen LogP contribution < -0.4 is 5.32 Å². The van der Waals surface area contributed by atoms with E-state index >= 15 is 0 Å². The Morgan fingerprint density at radius 3 is 1.94 bits per heavy atom. The van der Waals surface area contributed by atoms with Crippen molar-refractivity contribution in [3.8, 4) is 0 Å². The van der Waals surface area contributed by atoms with E-state index in [0.29, 0.717) is 5.13 Å². The van der Waals surface area contributed by atoms with E-state index in [0.717, 1.165) is 29.7 Å². The number of nitrogens with zero attached hydrogens (tertiary/aromatic N) is 1. The predicted octanol–water partition coefficient (Wildman–Crippen LogP) is 6.73. The lowest BCUT2D eigenvalue weighted by atomic mass is 9.70. The Balaban J connectivity index is 1.50. The van der Waals surface area contributed by atoms with Gasteiger partial charge in [0.05, 0.1) is 11.1 Å². The Morgan fingerprint density at radius 1 is 0.844 bits per heavy atom. The van der Waals surface area contributed by atoms with Crippen LogP contribution >= 0.6 is 11.3 Å². The standard InChI is InChI=1S/C28H28N2OS/c1-28(2,25(22-14-8-4-9-15-22)23-16-10-5-11-17-23)26(31)30-27-29-24(20-32-27)19-18-21-12-6-3-7-13-21/h3-17,20,25H,18-19H2,1-2H3,(H,29,30,31). The van der Waals surface area contributed by atoms with E-state index in [4.69, 9.17) is 0 Å². The van der Waals surface area contributed by atoms with E-state index in [2.05, 4.69) is 58.8 Å². The van der Waals surface area contributed by atoms with Crippen molar-refractivity contribution in [2.75, 3.05) is 5.32 Å². The monoisotopic (exact) mass is 440 g/mol. The molecule has 3 nitrogen and oxygen atoms in total. The van der Waals surface area contributed by atoms with E-state index in [-0.39, 0.29) is 11.8 Å². The minimum absolute atomic E-state index is 0.0286. The summed E-state index contributed by atoms with van der Waals surface area (Å²) in [5.41, 5.74) is 3.89. The van der Waals surface area contributed by atoms with Crippen LogP contribution in [0.1, 0.15) is 42.1 Å². The van der Waals surface area contributed by atoms with Crippen LogP contribution in [-0.4, -0.2) is 10.9 Å². The van der Waals surface area contributed by atoms with E-state index in [9.17, 15) is 4.79 Å². The summed E-state index contributed by atoms with van der Waals surface area (Å²) in [6, 6.07) is 30.9. The molecule has 162 valence electrons. The summed E-state index contributed by atoms with van der Waals surface area (Å²) < 4.78 is 0. The molecular formula is C28H28N2OS. The van der Waals surface area contributed by atoms with Crippen molar-refractivity contribution in [1.82, 2.24) is 4.98 Å². The highest BCUT2D eigenvalue weighted by molar-refractivity contribution is 7.13. The highest BCUT2D eigenvalue weighted by Crippen LogP contribution is 2.41. The van der Waals surface area contributed by atoms with Crippen LogP contribution in [0, 0.1) is 5.41 Å². The van der Waals surface area contributed by atoms with Gasteiger partial charge in [0.1, 0.15) is 0 Å². The minimum atomic E-state index is -0.668. The Bertz CT molecular complexity index is 1100. The molecule has 0 spiro atoms. The zero-order valence-corrected chi connectivity index (χ0v) is 19.3. The lowest BCUT2D eigenvalue weighted by Gasteiger charge is -2.33. The maximum absolute atomic E-state index is 13.5. The summed E-state index contributed by atoms with van der Waals surface area (Å²) in [7, 11) is 0. The number of anilines is 1. The van der Waals surface area contributed by atoms with Crippen LogP contribution in [-0.2, 0) is 17.6 Å². The van der Waals surface area contributed by atoms with Crippen molar-refractivity contribution in [2.45, 2.75) is 32.6 Å². The molecule has 0 aliphatic carbocycles. The summed E-state index contributed by atoms with van der Waals surface area (Å²) >= 11 is 1.49. The molecule has 3 aromatic carbocycles. The van der Waals surface area contributed by atoms with Gasteiger partial charge in [-0.1, -0.05) is 105 Å². The van der Waals surface area contributed by atoms with Gasteiger partial charge in [0.15, 0.2) is 5.13 Å². The van der Waals surface area contributed by atoms with Crippen LogP contribution in [0.15, 0.2) is 96.4 Å². The fourth-order valence-electron chi connectivity index (χ4n) is 4.10. The van der Waals surface area contributed by atoms with Crippen LogP contribution in [0.3, 0.4) is 0 Å². The first-order valence-corrected chi connectivity index (χ1v) is 11.8. The molecule has 0 aliphatic rings. The van der Waals surface area contributed by atoms with Crippen LogP contribution in [0.5, 0.6) is 0 Å². The first kappa shape index (κ1) is 22.0. The fraction of sp³-hybridized carbons (Fsp3) is 0.214. The van der Waals surface area contributed by atoms with E-state index in [1.807, 2.05) is 61.7 Å². The molecule has 0 atom stereocenters. The second kappa shape index (κ2) is 9.92. The lowest BCUT2D eigenvalue weighted by Crippen LogP contribution is -2.37. The molecule has 4 rings (SSSR count). The maximum Gasteiger partial charge on any atom is 0.232 e. The lowest BCUT2D eigenvalue weighted by molar-refractivity contribution is -0.124. The molecule has 4 aromatic rings. The van der Waals surface area contributed by atoms with Gasteiger partial charge in [0.25, 0.3) is 0 Å². The third-order valence-electron chi connectivity index (χ3n) is 5.86. The largest absolute Gasteiger partial charge is 0.301 e. The first-order chi connectivity index (χ1) is 15.5. The zero-order chi connectivity index (χ0) is 22.4. The molecule has 1 heterocycles. The Labute approximate surface area is 194 Å². The Hall–Kier alpha value is -3.24. The van der Waals surface area contributed by atoms with Crippen molar-refractivity contribution in [3.05, 3.63) is 119 Å². The second-order valence-electron chi connectivity index (χ2n) is 8.56. The SMILES string of the molecule is CC(C)(C(=O)Nc1nc(CCc2ccccc2)cs1)C(c1ccccc1)c1ccccc1. The molecule has 0 aliphatic heterocycles. The van der Waals surface area contributed by atoms with Crippen LogP contribution in [0.2, 0.25) is 0 Å². The third kappa shape index (κ3) is 5.14. The number of thiazole rings is 1. The Morgan fingerprint density at radius 2 is 1.38 bits per heavy atom. The molecule has 0 radical (unpaired) electrons. The number of aryl methyl sites for hydroxylation is 2. The summed E-state index contributed by atoms with van der Waals surface area (Å²) in [6.07, 6.45) is 1.80. The number of carbonyl (C=O) groups is 1. The molecule has 4 heteroatoms. The summed E-state index contributed by atoms with van der Waals surface area (Å²) in [5.74, 6) is -0.0958. The highest BCUT2D eigenvalue weighted by Gasteiger charge is 2.39. The predicted molar refractivity (Wildman–Crippen MR) is 133 cm³/mol. The molecule has 1 amide bonds. The zero-order valence-electron chi connectivity index (χ0n) is 18.5. The average molecular weight is 441 g/mol. The van der Waals surface area contributed by atoms with E-state index in [1.54, 1.807) is 0 Å². The maximum atomic E-state index is 13.5. The van der Waals surface area contributed by atoms with Gasteiger partial charge in [0.2, 0.25) is 5.91 Å². The molecule has 0 saturated heterocycles. The number of aromatic nitrogens is 1. The Kier molecular flexibility index (Phi) is 6.81. The molecule has 0 fully saturated rings. The van der Waals surface area contributed by atoms with E-state index in [1.165, 1.54) is 16.9 Å². The molecule has 0 unspecified atom stereocenters. The molecule has 32 heavy (non-hydrogen) atoms. The summed E-state index contributed by atoms with van der Waals surface area (Å²) in [5, 5.41) is 5.79. The van der Waals surface area contributed by atoms with Crippen molar-refractivity contribution in [2.24, 2.45) is 5.41 Å². The van der Waals surface area contributed by atoms with Gasteiger partial charge in [-0.25, -0.2) is 4.98 Å². The molecule has 1 N–H and O–H groups in total. The number of benzene rings is 3. The fourth-order valence-corrected chi connectivity index (χ4v) is 4.84. The number of nitrogens with one attached hydrogen (secondary N) is 1. The van der Waals surface area contributed by atoms with Crippen molar-refractivity contribution >= 4 is 22.4 Å². The molecule has 0 saturated carbocycles. The smallest absolute Gasteiger partial charge is 0.232 e. The van der Waals surface area contributed by atoms with Crippen LogP contribution in [0.4, 0.5) is 5.13 Å². The summed E-state index contributed by atoms with van der Waals surface area (Å²) in [4.78, 5) is 18.1. The minimum Gasteiger partial charge on any atom is -0.301 e. The average Bonchev–Trinajstić information content (AvgIpc) is 3.27. The molecule has 0 bridgehead atoms. The topological polar surface area (TPSA) is 42.0 Å². The van der Waals surface area contributed by atoms with Gasteiger partial charge in [-0.2, -0.15) is 0 Å². The van der Waals surface area contributed by atoms with Gasteiger partial charge in [-0.3, -0.25) is 4.79 Å². The third-order valence-corrected chi connectivity index (χ3v) is 6.66. The number of carbonyl (C=O) groups excluding carboxylic acids is 1. The first-order valence-electron chi connectivity index (χ1n) is 10.9. The van der Waals surface area contributed by atoms with Gasteiger partial charge in [0, 0.05) is 11.3 Å². The highest BCUT2D eigenvalue weighted by atomic mass is 32.1. The summed E-state index contributed by atoms with van der Waals surface area (Å²) in [6.45, 7) is 4.02. The van der Waals surface area contributed by atoms with Gasteiger partial charge >= 0.3 is 0 Å². The number of amides is 1. The van der Waals surface area contributed by atoms with Crippen molar-refractivity contribution in [3.63, 3.8) is 0 Å². The van der Waals surface area contributed by atoms with E-state index < -0.39 is 5.41 Å². The van der Waals surface area contributed by atoms with Crippen molar-refractivity contribution < 1.29 is 4.79 Å². The van der Waals surface area contributed by atoms with Gasteiger partial charge < -0.3 is 5.32 Å². The number of rotatable bonds is 8. The van der Waals surface area contributed by atoms with Crippen molar-refractivity contribution in [1.29, 1.82) is 0 Å². The number of hydrogen-bond donors (Lipinski definition) is 1. The molecule has 1 aromatic heterocycles. The normalized spacial score (nSPS) is 11.5. The molecular weight excluding hydrogens is 412 g/mol. The van der Waals surface area contributed by atoms with Gasteiger partial charge in [-0.15, -0.1) is 11.3 Å². The van der Waals surface area contributed by atoms with Crippen LogP contribution in [0.25, 0.3) is 0 Å². The number of hydrogen-bond acceptors (Lipinski definition) is 3. The quantitative estimate of drug-likeness (QED) is 0.330. The van der Waals surface area contributed by atoms with Gasteiger partial charge in [-0.05, 0) is 29.5 Å². The second-order valence-corrected chi connectivity index (χ2v) is 9.42.